The first kappa shape index (κ1) is 14.9. The van der Waals surface area contributed by atoms with Crippen LogP contribution in [0.1, 0.15) is 26.2 Å². The summed E-state index contributed by atoms with van der Waals surface area (Å²) in [6, 6.07) is -0.799. The number of aromatic nitrogens is 1. The highest BCUT2D eigenvalue weighted by molar-refractivity contribution is 9.11. The lowest BCUT2D eigenvalue weighted by molar-refractivity contribution is -0.137. The maximum Gasteiger partial charge on any atom is 0.321 e. The first-order valence-electron chi connectivity index (χ1n) is 5.42. The number of carbonyl (C=O) groups excluding carboxylic acids is 1. The molecule has 0 radical (unpaired) electrons. The number of aliphatic carboxylic acids is 1. The molecule has 0 aromatic carbocycles. The van der Waals surface area contributed by atoms with Crippen molar-refractivity contribution in [3.63, 3.8) is 0 Å². The van der Waals surface area contributed by atoms with E-state index in [1.807, 2.05) is 6.92 Å². The third-order valence-corrected chi connectivity index (χ3v) is 3.48. The van der Waals surface area contributed by atoms with Crippen LogP contribution in [-0.4, -0.2) is 28.1 Å². The van der Waals surface area contributed by atoms with Crippen LogP contribution in [0, 0.1) is 0 Å². The Labute approximate surface area is 117 Å². The van der Waals surface area contributed by atoms with Crippen molar-refractivity contribution in [2.75, 3.05) is 5.32 Å². The Morgan fingerprint density at radius 3 is 2.83 bits per heavy atom. The second kappa shape index (κ2) is 7.32. The van der Waals surface area contributed by atoms with Crippen LogP contribution in [0.3, 0.4) is 0 Å². The fraction of sp³-hybridized carbons (Fsp3) is 0.500. The van der Waals surface area contributed by atoms with Gasteiger partial charge in [-0.2, -0.15) is 0 Å². The van der Waals surface area contributed by atoms with Gasteiger partial charge in [0.1, 0.15) is 0 Å². The summed E-state index contributed by atoms with van der Waals surface area (Å²) in [6.07, 6.45) is 2.94. The van der Waals surface area contributed by atoms with E-state index < -0.39 is 12.0 Å². The molecule has 0 aliphatic rings. The zero-order valence-corrected chi connectivity index (χ0v) is 12.2. The van der Waals surface area contributed by atoms with E-state index in [1.165, 1.54) is 11.3 Å². The van der Waals surface area contributed by atoms with Crippen molar-refractivity contribution in [2.45, 2.75) is 32.2 Å². The van der Waals surface area contributed by atoms with Gasteiger partial charge in [0.25, 0.3) is 0 Å². The number of amides is 2. The monoisotopic (exact) mass is 335 g/mol. The molecule has 1 unspecified atom stereocenters. The number of anilines is 1. The van der Waals surface area contributed by atoms with Crippen LogP contribution in [0.4, 0.5) is 9.93 Å². The Balaban J connectivity index is 2.47. The average molecular weight is 336 g/mol. The van der Waals surface area contributed by atoms with E-state index in [4.69, 9.17) is 5.11 Å². The molecule has 1 aromatic heterocycles. The van der Waals surface area contributed by atoms with Crippen LogP contribution in [0.25, 0.3) is 0 Å². The van der Waals surface area contributed by atoms with E-state index in [0.29, 0.717) is 11.6 Å². The molecule has 0 aliphatic heterocycles. The lowest BCUT2D eigenvalue weighted by atomic mass is 10.1. The van der Waals surface area contributed by atoms with Crippen molar-refractivity contribution < 1.29 is 14.7 Å². The molecule has 0 saturated heterocycles. The minimum Gasteiger partial charge on any atom is -0.481 e. The lowest BCUT2D eigenvalue weighted by Gasteiger charge is -2.15. The number of halogens is 1. The molecule has 100 valence electrons. The second-order valence-corrected chi connectivity index (χ2v) is 6.06. The summed E-state index contributed by atoms with van der Waals surface area (Å²) in [5.41, 5.74) is 0. The number of nitrogens with zero attached hydrogens (tertiary/aromatic N) is 1. The molecule has 0 saturated carbocycles. The van der Waals surface area contributed by atoms with Crippen LogP contribution < -0.4 is 10.6 Å². The summed E-state index contributed by atoms with van der Waals surface area (Å²) in [5.74, 6) is -0.925. The third-order valence-electron chi connectivity index (χ3n) is 2.09. The van der Waals surface area contributed by atoms with Crippen LogP contribution in [-0.2, 0) is 4.79 Å². The Hall–Kier alpha value is -1.15. The first-order chi connectivity index (χ1) is 8.51. The van der Waals surface area contributed by atoms with Gasteiger partial charge < -0.3 is 10.4 Å². The average Bonchev–Trinajstić information content (AvgIpc) is 2.62. The Morgan fingerprint density at radius 2 is 2.33 bits per heavy atom. The highest BCUT2D eigenvalue weighted by atomic mass is 79.9. The number of thiazole rings is 1. The highest BCUT2D eigenvalue weighted by Gasteiger charge is 2.15. The van der Waals surface area contributed by atoms with E-state index in [2.05, 4.69) is 31.5 Å². The van der Waals surface area contributed by atoms with Crippen molar-refractivity contribution >= 4 is 44.4 Å². The summed E-state index contributed by atoms with van der Waals surface area (Å²) < 4.78 is 0.813. The zero-order valence-electron chi connectivity index (χ0n) is 9.77. The summed E-state index contributed by atoms with van der Waals surface area (Å²) in [5, 5.41) is 14.4. The Kier molecular flexibility index (Phi) is 6.06. The van der Waals surface area contributed by atoms with Gasteiger partial charge in [0.05, 0.1) is 16.4 Å². The SMILES string of the molecule is CCCC(CC(=O)O)NC(=O)Nc1ncc(Br)s1. The van der Waals surface area contributed by atoms with Gasteiger partial charge in [-0.1, -0.05) is 24.7 Å². The van der Waals surface area contributed by atoms with E-state index >= 15 is 0 Å². The van der Waals surface area contributed by atoms with Crippen LogP contribution in [0.2, 0.25) is 0 Å². The molecule has 8 heteroatoms. The van der Waals surface area contributed by atoms with Crippen LogP contribution in [0.15, 0.2) is 9.98 Å². The number of carboxylic acids is 1. The molecule has 1 rings (SSSR count). The number of urea groups is 1. The molecular formula is C10H14BrN3O3S. The molecule has 1 aromatic rings. The van der Waals surface area contributed by atoms with E-state index in [-0.39, 0.29) is 12.5 Å². The van der Waals surface area contributed by atoms with Gasteiger partial charge in [-0.25, -0.2) is 9.78 Å². The second-order valence-electron chi connectivity index (χ2n) is 3.65. The molecule has 0 aliphatic carbocycles. The van der Waals surface area contributed by atoms with Gasteiger partial charge in [-0.15, -0.1) is 0 Å². The van der Waals surface area contributed by atoms with Gasteiger partial charge in [-0.3, -0.25) is 10.1 Å². The van der Waals surface area contributed by atoms with Gasteiger partial charge in [0.15, 0.2) is 5.13 Å². The van der Waals surface area contributed by atoms with Gasteiger partial charge in [0, 0.05) is 6.04 Å². The predicted octanol–water partition coefficient (Wildman–Crippen LogP) is 2.67. The molecule has 2 amide bonds. The van der Waals surface area contributed by atoms with Crippen molar-refractivity contribution in [3.05, 3.63) is 9.98 Å². The normalized spacial score (nSPS) is 11.9. The first-order valence-corrected chi connectivity index (χ1v) is 7.02. The van der Waals surface area contributed by atoms with Crippen LogP contribution >= 0.6 is 27.3 Å². The summed E-state index contributed by atoms with van der Waals surface area (Å²) in [6.45, 7) is 1.94. The summed E-state index contributed by atoms with van der Waals surface area (Å²) in [7, 11) is 0. The standard InChI is InChI=1S/C10H14BrN3O3S/c1-2-3-6(4-8(15)16)13-9(17)14-10-12-5-7(11)18-10/h5-6H,2-4H2,1H3,(H,15,16)(H2,12,13,14,17). The quantitative estimate of drug-likeness (QED) is 0.745. The van der Waals surface area contributed by atoms with Gasteiger partial charge >= 0.3 is 12.0 Å². The number of carbonyl (C=O) groups is 2. The molecule has 18 heavy (non-hydrogen) atoms. The van der Waals surface area contributed by atoms with E-state index in [1.54, 1.807) is 6.20 Å². The molecule has 1 heterocycles. The molecule has 0 spiro atoms. The number of hydrogen-bond acceptors (Lipinski definition) is 4. The third kappa shape index (κ3) is 5.46. The van der Waals surface area contributed by atoms with Crippen molar-refractivity contribution in [1.82, 2.24) is 10.3 Å². The number of hydrogen-bond donors (Lipinski definition) is 3. The fourth-order valence-electron chi connectivity index (χ4n) is 1.42. The smallest absolute Gasteiger partial charge is 0.321 e. The van der Waals surface area contributed by atoms with E-state index in [9.17, 15) is 9.59 Å². The number of nitrogens with one attached hydrogen (secondary N) is 2. The Morgan fingerprint density at radius 1 is 1.61 bits per heavy atom. The summed E-state index contributed by atoms with van der Waals surface area (Å²) >= 11 is 4.52. The Bertz CT molecular complexity index is 424. The van der Waals surface area contributed by atoms with Gasteiger partial charge in [-0.05, 0) is 22.4 Å². The highest BCUT2D eigenvalue weighted by Crippen LogP contribution is 2.22. The largest absolute Gasteiger partial charge is 0.481 e. The minimum absolute atomic E-state index is 0.0805. The van der Waals surface area contributed by atoms with Crippen molar-refractivity contribution in [3.8, 4) is 0 Å². The maximum absolute atomic E-state index is 11.6. The van der Waals surface area contributed by atoms with Crippen LogP contribution in [0.5, 0.6) is 0 Å². The number of rotatable bonds is 6. The molecule has 0 bridgehead atoms. The fourth-order valence-corrected chi connectivity index (χ4v) is 2.52. The van der Waals surface area contributed by atoms with Crippen molar-refractivity contribution in [2.24, 2.45) is 0 Å². The molecule has 0 fully saturated rings. The molecular weight excluding hydrogens is 322 g/mol. The summed E-state index contributed by atoms with van der Waals surface area (Å²) in [4.78, 5) is 26.2. The maximum atomic E-state index is 11.6. The van der Waals surface area contributed by atoms with Gasteiger partial charge in [0.2, 0.25) is 0 Å². The predicted molar refractivity (Wildman–Crippen MR) is 72.9 cm³/mol. The zero-order chi connectivity index (χ0) is 13.5. The molecule has 3 N–H and O–H groups in total. The topological polar surface area (TPSA) is 91.3 Å². The number of carboxylic acid groups (broad SMARTS) is 1. The molecule has 6 nitrogen and oxygen atoms in total. The molecule has 1 atom stereocenters. The van der Waals surface area contributed by atoms with Crippen molar-refractivity contribution in [1.29, 1.82) is 0 Å². The van der Waals surface area contributed by atoms with E-state index in [0.717, 1.165) is 10.2 Å². The minimum atomic E-state index is -0.925. The lowest BCUT2D eigenvalue weighted by Crippen LogP contribution is -2.39.